The number of likely N-dealkylation sites (N-methyl/N-ethyl adjacent to an activating group) is 1. The van der Waals surface area contributed by atoms with Gasteiger partial charge in [0.1, 0.15) is 33.6 Å². The van der Waals surface area contributed by atoms with Crippen LogP contribution >= 0.6 is 0 Å². The molecule has 0 aliphatic carbocycles. The van der Waals surface area contributed by atoms with Crippen LogP contribution in [0.15, 0.2) is 0 Å². The molecule has 2 atom stereocenters. The third-order valence-corrected chi connectivity index (χ3v) is 2.75. The van der Waals surface area contributed by atoms with Gasteiger partial charge in [-0.1, -0.05) is 0 Å². The van der Waals surface area contributed by atoms with Gasteiger partial charge < -0.3 is 14.2 Å². The SMILES string of the molecule is C[N+]1CCOCC1CC1COCO1. The van der Waals surface area contributed by atoms with E-state index >= 15 is 0 Å². The van der Waals surface area contributed by atoms with Crippen LogP contribution in [0.2, 0.25) is 0 Å². The molecule has 75 valence electrons. The number of rotatable bonds is 2. The molecule has 2 rings (SSSR count). The molecule has 2 fully saturated rings. The first kappa shape index (κ1) is 9.40. The van der Waals surface area contributed by atoms with Gasteiger partial charge in [0.15, 0.2) is 6.04 Å². The zero-order valence-corrected chi connectivity index (χ0v) is 8.07. The van der Waals surface area contributed by atoms with E-state index in [9.17, 15) is 0 Å². The van der Waals surface area contributed by atoms with E-state index in [4.69, 9.17) is 14.2 Å². The van der Waals surface area contributed by atoms with Crippen molar-refractivity contribution < 1.29 is 14.2 Å². The molecular weight excluding hydrogens is 170 g/mol. The Kier molecular flexibility index (Phi) is 3.16. The van der Waals surface area contributed by atoms with Crippen molar-refractivity contribution in [3.05, 3.63) is 0 Å². The minimum atomic E-state index is 0.272. The lowest BCUT2D eigenvalue weighted by molar-refractivity contribution is 0.00889. The molecule has 2 aliphatic heterocycles. The first-order valence-corrected chi connectivity index (χ1v) is 4.83. The highest BCUT2D eigenvalue weighted by Crippen LogP contribution is 2.14. The number of nitrogens with zero attached hydrogens (tertiary/aromatic N) is 1. The topological polar surface area (TPSA) is 33.6 Å². The lowest BCUT2D eigenvalue weighted by Gasteiger charge is -2.25. The molecule has 13 heavy (non-hydrogen) atoms. The molecule has 0 amide bonds. The molecule has 4 nitrogen and oxygen atoms in total. The quantitative estimate of drug-likeness (QED) is 0.567. The largest absolute Gasteiger partial charge is 0.369 e. The second-order valence-corrected chi connectivity index (χ2v) is 3.72. The van der Waals surface area contributed by atoms with Crippen molar-refractivity contribution in [1.29, 1.82) is 0 Å². The van der Waals surface area contributed by atoms with Crippen molar-refractivity contribution in [2.75, 3.05) is 40.2 Å². The Morgan fingerprint density at radius 2 is 2.23 bits per heavy atom. The van der Waals surface area contributed by atoms with Crippen molar-refractivity contribution in [1.82, 2.24) is 4.90 Å². The van der Waals surface area contributed by atoms with Gasteiger partial charge in [-0.25, -0.2) is 0 Å². The monoisotopic (exact) mass is 187 g/mol. The first-order valence-electron chi connectivity index (χ1n) is 4.83. The lowest BCUT2D eigenvalue weighted by atomic mass is 10.1. The van der Waals surface area contributed by atoms with E-state index in [1.165, 1.54) is 0 Å². The Morgan fingerprint density at radius 3 is 2.92 bits per heavy atom. The van der Waals surface area contributed by atoms with Crippen molar-refractivity contribution in [2.45, 2.75) is 18.6 Å². The average molecular weight is 187 g/mol. The van der Waals surface area contributed by atoms with Crippen molar-refractivity contribution >= 4 is 0 Å². The smallest absolute Gasteiger partial charge is 0.158 e. The van der Waals surface area contributed by atoms with Gasteiger partial charge >= 0.3 is 0 Å². The molecule has 0 spiro atoms. The van der Waals surface area contributed by atoms with Gasteiger partial charge in [0.05, 0.1) is 12.7 Å². The van der Waals surface area contributed by atoms with Crippen LogP contribution in [-0.4, -0.2) is 52.4 Å². The molecule has 0 N–H and O–H groups in total. The Morgan fingerprint density at radius 1 is 1.31 bits per heavy atom. The maximum atomic E-state index is 5.42. The molecule has 0 bridgehead atoms. The van der Waals surface area contributed by atoms with Crippen LogP contribution in [0.1, 0.15) is 6.42 Å². The Hall–Kier alpha value is -0.160. The van der Waals surface area contributed by atoms with Crippen LogP contribution < -0.4 is 4.90 Å². The molecule has 4 heteroatoms. The van der Waals surface area contributed by atoms with E-state index in [1.54, 1.807) is 0 Å². The Labute approximate surface area is 78.7 Å². The Bertz CT molecular complexity index is 159. The van der Waals surface area contributed by atoms with Crippen LogP contribution in [0.4, 0.5) is 0 Å². The summed E-state index contributed by atoms with van der Waals surface area (Å²) in [4.78, 5) is 2.34. The minimum Gasteiger partial charge on any atom is -0.369 e. The summed E-state index contributed by atoms with van der Waals surface area (Å²) in [5.41, 5.74) is 0. The predicted molar refractivity (Wildman–Crippen MR) is 47.8 cm³/mol. The average Bonchev–Trinajstić information content (AvgIpc) is 2.61. The van der Waals surface area contributed by atoms with E-state index in [0.29, 0.717) is 12.8 Å². The van der Waals surface area contributed by atoms with Crippen molar-refractivity contribution in [3.8, 4) is 0 Å². The van der Waals surface area contributed by atoms with Gasteiger partial charge in [-0.3, -0.25) is 0 Å². The molecule has 0 aromatic carbocycles. The zero-order valence-electron chi connectivity index (χ0n) is 8.07. The predicted octanol–water partition coefficient (Wildman–Crippen LogP) is -0.0819. The van der Waals surface area contributed by atoms with Gasteiger partial charge in [0.2, 0.25) is 0 Å². The van der Waals surface area contributed by atoms with Gasteiger partial charge in [-0.2, -0.15) is 4.90 Å². The fourth-order valence-electron chi connectivity index (χ4n) is 1.80. The first-order chi connectivity index (χ1) is 6.36. The highest BCUT2D eigenvalue weighted by molar-refractivity contribution is 4.80. The van der Waals surface area contributed by atoms with E-state index in [2.05, 4.69) is 11.9 Å². The summed E-state index contributed by atoms with van der Waals surface area (Å²) < 4.78 is 16.0. The van der Waals surface area contributed by atoms with Gasteiger partial charge in [0, 0.05) is 6.42 Å². The Balaban J connectivity index is 1.78. The highest BCUT2D eigenvalue weighted by Gasteiger charge is 2.32. The third kappa shape index (κ3) is 2.40. The van der Waals surface area contributed by atoms with Gasteiger partial charge in [-0.15, -0.1) is 0 Å². The summed E-state index contributed by atoms with van der Waals surface area (Å²) in [6.07, 6.45) is 1.30. The molecule has 1 radical (unpaired) electrons. The second kappa shape index (κ2) is 4.37. The molecule has 0 aromatic rings. The van der Waals surface area contributed by atoms with Crippen LogP contribution in [0.25, 0.3) is 0 Å². The van der Waals surface area contributed by atoms with E-state index in [-0.39, 0.29) is 6.10 Å². The molecule has 0 saturated carbocycles. The van der Waals surface area contributed by atoms with Crippen molar-refractivity contribution in [3.63, 3.8) is 0 Å². The molecule has 2 aliphatic rings. The molecule has 0 aromatic heterocycles. The number of hydrogen-bond acceptors (Lipinski definition) is 4. The summed E-state index contributed by atoms with van der Waals surface area (Å²) in [5.74, 6) is 0. The standard InChI is InChI=1S/C9H17NO3/c1-10-2-3-11-5-8(10)4-9-6-12-7-13-9/h8-9H,2-7H2,1H3/q+1. The van der Waals surface area contributed by atoms with Crippen LogP contribution in [0.5, 0.6) is 0 Å². The summed E-state index contributed by atoms with van der Waals surface area (Å²) >= 11 is 0. The third-order valence-electron chi connectivity index (χ3n) is 2.75. The van der Waals surface area contributed by atoms with E-state index < -0.39 is 0 Å². The summed E-state index contributed by atoms with van der Waals surface area (Å²) in [7, 11) is 2.14. The fourth-order valence-corrected chi connectivity index (χ4v) is 1.80. The van der Waals surface area contributed by atoms with Crippen LogP contribution in [0.3, 0.4) is 0 Å². The summed E-state index contributed by atoms with van der Waals surface area (Å²) in [6, 6.07) is 0.500. The maximum Gasteiger partial charge on any atom is 0.158 e. The molecule has 2 unspecified atom stereocenters. The number of hydrogen-bond donors (Lipinski definition) is 0. The van der Waals surface area contributed by atoms with Crippen LogP contribution in [0, 0.1) is 0 Å². The lowest BCUT2D eigenvalue weighted by Crippen LogP contribution is -2.48. The second-order valence-electron chi connectivity index (χ2n) is 3.72. The summed E-state index contributed by atoms with van der Waals surface area (Å²) in [6.45, 7) is 3.91. The van der Waals surface area contributed by atoms with E-state index in [0.717, 1.165) is 32.8 Å². The van der Waals surface area contributed by atoms with Crippen molar-refractivity contribution in [2.24, 2.45) is 0 Å². The highest BCUT2D eigenvalue weighted by atomic mass is 16.7. The van der Waals surface area contributed by atoms with Gasteiger partial charge in [0.25, 0.3) is 0 Å². The minimum absolute atomic E-state index is 0.272. The number of morpholine rings is 1. The zero-order chi connectivity index (χ0) is 9.10. The molecule has 2 saturated heterocycles. The van der Waals surface area contributed by atoms with Gasteiger partial charge in [-0.05, 0) is 0 Å². The van der Waals surface area contributed by atoms with Crippen LogP contribution in [-0.2, 0) is 14.2 Å². The molecular formula is C9H17NO3+. The normalized spacial score (nSPS) is 36.7. The molecule has 2 heterocycles. The van der Waals surface area contributed by atoms with E-state index in [1.807, 2.05) is 0 Å². The summed E-state index contributed by atoms with van der Waals surface area (Å²) in [5, 5.41) is 0. The fraction of sp³-hybridized carbons (Fsp3) is 1.00. The maximum absolute atomic E-state index is 5.42. The number of ether oxygens (including phenoxy) is 3.